The van der Waals surface area contributed by atoms with E-state index in [1.807, 2.05) is 0 Å². The third kappa shape index (κ3) is 4.00. The van der Waals surface area contributed by atoms with E-state index in [-0.39, 0.29) is 23.1 Å². The maximum atomic E-state index is 13.9. The maximum Gasteiger partial charge on any atom is 0.269 e. The fourth-order valence-corrected chi connectivity index (χ4v) is 4.45. The van der Waals surface area contributed by atoms with Crippen molar-refractivity contribution in [3.63, 3.8) is 0 Å². The number of benzene rings is 1. The third-order valence-electron chi connectivity index (χ3n) is 4.43. The van der Waals surface area contributed by atoms with Gasteiger partial charge in [0.1, 0.15) is 4.90 Å². The highest BCUT2D eigenvalue weighted by atomic mass is 35.5. The smallest absolute Gasteiger partial charge is 0.269 e. The molecule has 0 aliphatic rings. The largest absolute Gasteiger partial charge is 0.338 e. The molecule has 0 spiro atoms. The molecule has 0 fully saturated rings. The lowest BCUT2D eigenvalue weighted by Crippen LogP contribution is -2.12. The first kappa shape index (κ1) is 21.7. The minimum atomic E-state index is -3.85. The van der Waals surface area contributed by atoms with Crippen LogP contribution < -0.4 is 10.6 Å². The molecule has 1 aromatic carbocycles. The average molecular weight is 448 g/mol. The zero-order valence-corrected chi connectivity index (χ0v) is 17.5. The highest BCUT2D eigenvalue weighted by Gasteiger charge is 2.21. The van der Waals surface area contributed by atoms with Gasteiger partial charge in [-0.05, 0) is 49.0 Å². The van der Waals surface area contributed by atoms with Crippen molar-refractivity contribution in [3.05, 3.63) is 78.6 Å². The SMILES string of the molecule is CNCc1cn(S(=O)(=O)c2cccnc2)c2cc(Nc3ncccc3F)ccc12.Cl. The van der Waals surface area contributed by atoms with Crippen LogP contribution in [0, 0.1) is 5.82 Å². The lowest BCUT2D eigenvalue weighted by Gasteiger charge is -2.10. The van der Waals surface area contributed by atoms with Crippen molar-refractivity contribution in [2.45, 2.75) is 11.4 Å². The second kappa shape index (κ2) is 8.78. The summed E-state index contributed by atoms with van der Waals surface area (Å²) in [6.07, 6.45) is 5.89. The van der Waals surface area contributed by atoms with Crippen molar-refractivity contribution in [2.75, 3.05) is 12.4 Å². The van der Waals surface area contributed by atoms with Crippen LogP contribution in [0.25, 0.3) is 10.9 Å². The van der Waals surface area contributed by atoms with Crippen molar-refractivity contribution < 1.29 is 12.8 Å². The predicted molar refractivity (Wildman–Crippen MR) is 116 cm³/mol. The van der Waals surface area contributed by atoms with E-state index in [1.165, 1.54) is 40.8 Å². The Morgan fingerprint density at radius 2 is 1.93 bits per heavy atom. The summed E-state index contributed by atoms with van der Waals surface area (Å²) in [5.41, 5.74) is 1.82. The number of fused-ring (bicyclic) bond motifs is 1. The predicted octanol–water partition coefficient (Wildman–Crippen LogP) is 3.69. The molecule has 0 saturated carbocycles. The molecular formula is C20H19ClFN5O2S. The van der Waals surface area contributed by atoms with E-state index < -0.39 is 15.8 Å². The lowest BCUT2D eigenvalue weighted by molar-refractivity contribution is 0.588. The summed E-state index contributed by atoms with van der Waals surface area (Å²) in [5, 5.41) is 6.73. The molecule has 0 aliphatic heterocycles. The normalized spacial score (nSPS) is 11.3. The summed E-state index contributed by atoms with van der Waals surface area (Å²) in [5.74, 6) is -0.433. The van der Waals surface area contributed by atoms with E-state index in [1.54, 1.807) is 37.5 Å². The average Bonchev–Trinajstić information content (AvgIpc) is 3.09. The van der Waals surface area contributed by atoms with Crippen LogP contribution in [-0.2, 0) is 16.6 Å². The van der Waals surface area contributed by atoms with E-state index in [0.29, 0.717) is 17.7 Å². The number of anilines is 2. The molecule has 0 aliphatic carbocycles. The number of aromatic nitrogens is 3. The third-order valence-corrected chi connectivity index (χ3v) is 6.09. The molecule has 4 rings (SSSR count). The van der Waals surface area contributed by atoms with Gasteiger partial charge in [-0.15, -0.1) is 12.4 Å². The van der Waals surface area contributed by atoms with Crippen LogP contribution in [0.3, 0.4) is 0 Å². The number of pyridine rings is 2. The van der Waals surface area contributed by atoms with Gasteiger partial charge in [-0.2, -0.15) is 0 Å². The Morgan fingerprint density at radius 1 is 1.13 bits per heavy atom. The number of rotatable bonds is 6. The first-order valence-electron chi connectivity index (χ1n) is 8.82. The first-order valence-corrected chi connectivity index (χ1v) is 10.3. The minimum absolute atomic E-state index is 0. The molecule has 0 radical (unpaired) electrons. The van der Waals surface area contributed by atoms with Gasteiger partial charge in [0.05, 0.1) is 5.52 Å². The Balaban J connectivity index is 0.00000256. The van der Waals surface area contributed by atoms with E-state index in [4.69, 9.17) is 0 Å². The molecule has 0 atom stereocenters. The molecule has 0 unspecified atom stereocenters. The lowest BCUT2D eigenvalue weighted by atomic mass is 10.1. The standard InChI is InChI=1S/C20H18FN5O2S.ClH/c1-22-11-14-13-26(29(27,28)16-4-2-8-23-12-16)19-10-15(6-7-17(14)19)25-20-18(21)5-3-9-24-20;/h2-10,12-13,22H,11H2,1H3,(H,24,25);1H. The van der Waals surface area contributed by atoms with Crippen LogP contribution >= 0.6 is 12.4 Å². The fraction of sp³-hybridized carbons (Fsp3) is 0.100. The van der Waals surface area contributed by atoms with E-state index in [0.717, 1.165) is 10.9 Å². The quantitative estimate of drug-likeness (QED) is 0.468. The second-order valence-electron chi connectivity index (χ2n) is 6.37. The van der Waals surface area contributed by atoms with Crippen molar-refractivity contribution in [3.8, 4) is 0 Å². The van der Waals surface area contributed by atoms with Gasteiger partial charge in [0.2, 0.25) is 0 Å². The monoisotopic (exact) mass is 447 g/mol. The van der Waals surface area contributed by atoms with Crippen molar-refractivity contribution in [2.24, 2.45) is 0 Å². The number of nitrogens with zero attached hydrogens (tertiary/aromatic N) is 3. The summed E-state index contributed by atoms with van der Waals surface area (Å²) in [6, 6.07) is 11.1. The van der Waals surface area contributed by atoms with Crippen molar-refractivity contribution in [1.82, 2.24) is 19.3 Å². The zero-order valence-electron chi connectivity index (χ0n) is 15.9. The number of nitrogens with one attached hydrogen (secondary N) is 2. The fourth-order valence-electron chi connectivity index (χ4n) is 3.10. The zero-order chi connectivity index (χ0) is 20.4. The maximum absolute atomic E-state index is 13.9. The van der Waals surface area contributed by atoms with Crippen LogP contribution in [0.1, 0.15) is 5.56 Å². The summed E-state index contributed by atoms with van der Waals surface area (Å²) < 4.78 is 41.6. The molecule has 4 aromatic rings. The van der Waals surface area contributed by atoms with Gasteiger partial charge in [-0.25, -0.2) is 21.8 Å². The van der Waals surface area contributed by atoms with Crippen LogP contribution in [0.2, 0.25) is 0 Å². The Bertz CT molecular complexity index is 1280. The highest BCUT2D eigenvalue weighted by molar-refractivity contribution is 7.90. The van der Waals surface area contributed by atoms with Gasteiger partial charge in [0.15, 0.2) is 11.6 Å². The number of hydrogen-bond acceptors (Lipinski definition) is 6. The Labute approximate surface area is 179 Å². The second-order valence-corrected chi connectivity index (χ2v) is 8.18. The molecule has 0 amide bonds. The molecule has 3 heterocycles. The Morgan fingerprint density at radius 3 is 2.63 bits per heavy atom. The molecule has 0 bridgehead atoms. The molecule has 156 valence electrons. The number of halogens is 2. The van der Waals surface area contributed by atoms with Gasteiger partial charge in [0.25, 0.3) is 10.0 Å². The van der Waals surface area contributed by atoms with Gasteiger partial charge in [-0.1, -0.05) is 6.07 Å². The van der Waals surface area contributed by atoms with E-state index in [2.05, 4.69) is 20.6 Å². The summed E-state index contributed by atoms with van der Waals surface area (Å²) in [6.45, 7) is 0.494. The van der Waals surface area contributed by atoms with E-state index in [9.17, 15) is 12.8 Å². The van der Waals surface area contributed by atoms with Crippen LogP contribution in [0.4, 0.5) is 15.9 Å². The summed E-state index contributed by atoms with van der Waals surface area (Å²) in [4.78, 5) is 7.98. The molecular weight excluding hydrogens is 429 g/mol. The van der Waals surface area contributed by atoms with Crippen molar-refractivity contribution >= 4 is 44.8 Å². The number of hydrogen-bond donors (Lipinski definition) is 2. The topological polar surface area (TPSA) is 88.9 Å². The van der Waals surface area contributed by atoms with Gasteiger partial charge < -0.3 is 10.6 Å². The first-order chi connectivity index (χ1) is 14.0. The highest BCUT2D eigenvalue weighted by Crippen LogP contribution is 2.29. The van der Waals surface area contributed by atoms with Gasteiger partial charge >= 0.3 is 0 Å². The summed E-state index contributed by atoms with van der Waals surface area (Å²) in [7, 11) is -2.06. The molecule has 10 heteroatoms. The van der Waals surface area contributed by atoms with Gasteiger partial charge in [0, 0.05) is 42.4 Å². The van der Waals surface area contributed by atoms with Crippen LogP contribution in [-0.4, -0.2) is 29.4 Å². The van der Waals surface area contributed by atoms with Crippen molar-refractivity contribution in [1.29, 1.82) is 0 Å². The minimum Gasteiger partial charge on any atom is -0.338 e. The Hall–Kier alpha value is -3.01. The van der Waals surface area contributed by atoms with Crippen LogP contribution in [0.5, 0.6) is 0 Å². The molecule has 2 N–H and O–H groups in total. The molecule has 30 heavy (non-hydrogen) atoms. The molecule has 0 saturated heterocycles. The summed E-state index contributed by atoms with van der Waals surface area (Å²) >= 11 is 0. The van der Waals surface area contributed by atoms with Gasteiger partial charge in [-0.3, -0.25) is 4.98 Å². The Kier molecular flexibility index (Phi) is 6.35. The molecule has 3 aromatic heterocycles. The van der Waals surface area contributed by atoms with Crippen LogP contribution in [0.15, 0.2) is 72.1 Å². The molecule has 7 nitrogen and oxygen atoms in total. The van der Waals surface area contributed by atoms with E-state index >= 15 is 0 Å².